The SMILES string of the molecule is CNC1CCC(c2ccccc2)CC1Sc1nc(C)ns1. The van der Waals surface area contributed by atoms with Crippen LogP contribution in [0.2, 0.25) is 0 Å². The number of aryl methyl sites for hydroxylation is 1. The van der Waals surface area contributed by atoms with Crippen molar-refractivity contribution in [3.05, 3.63) is 41.7 Å². The third-order valence-electron chi connectivity index (χ3n) is 4.19. The highest BCUT2D eigenvalue weighted by Gasteiger charge is 2.31. The third-order valence-corrected chi connectivity index (χ3v) is 6.43. The summed E-state index contributed by atoms with van der Waals surface area (Å²) < 4.78 is 5.40. The number of rotatable bonds is 4. The fraction of sp³-hybridized carbons (Fsp3) is 0.500. The molecule has 0 radical (unpaired) electrons. The van der Waals surface area contributed by atoms with E-state index in [1.807, 2.05) is 18.7 Å². The van der Waals surface area contributed by atoms with Crippen LogP contribution in [0.1, 0.15) is 36.6 Å². The lowest BCUT2D eigenvalue weighted by Crippen LogP contribution is -2.40. The monoisotopic (exact) mass is 319 g/mol. The van der Waals surface area contributed by atoms with Gasteiger partial charge >= 0.3 is 0 Å². The first-order valence-corrected chi connectivity index (χ1v) is 9.10. The second-order valence-corrected chi connectivity index (χ2v) is 7.82. The minimum absolute atomic E-state index is 0.569. The van der Waals surface area contributed by atoms with Crippen LogP contribution in [0.15, 0.2) is 34.7 Å². The van der Waals surface area contributed by atoms with Gasteiger partial charge in [0, 0.05) is 11.3 Å². The van der Waals surface area contributed by atoms with Crippen molar-refractivity contribution in [1.82, 2.24) is 14.7 Å². The van der Waals surface area contributed by atoms with Crippen molar-refractivity contribution in [2.24, 2.45) is 0 Å². The quantitative estimate of drug-likeness (QED) is 0.928. The predicted molar refractivity (Wildman–Crippen MR) is 90.2 cm³/mol. The Kier molecular flexibility index (Phi) is 4.93. The van der Waals surface area contributed by atoms with Gasteiger partial charge < -0.3 is 5.32 Å². The molecule has 0 spiro atoms. The summed E-state index contributed by atoms with van der Waals surface area (Å²) in [4.78, 5) is 4.51. The molecule has 0 amide bonds. The van der Waals surface area contributed by atoms with Gasteiger partial charge in [-0.3, -0.25) is 0 Å². The molecule has 0 saturated heterocycles. The molecule has 0 bridgehead atoms. The molecule has 21 heavy (non-hydrogen) atoms. The number of nitrogens with zero attached hydrogens (tertiary/aromatic N) is 2. The number of thioether (sulfide) groups is 1. The summed E-state index contributed by atoms with van der Waals surface area (Å²) in [7, 11) is 2.08. The van der Waals surface area contributed by atoms with Crippen LogP contribution in [0.25, 0.3) is 0 Å². The molecule has 1 aliphatic rings. The lowest BCUT2D eigenvalue weighted by atomic mass is 9.81. The molecule has 3 nitrogen and oxygen atoms in total. The highest BCUT2D eigenvalue weighted by Crippen LogP contribution is 2.41. The Hall–Kier alpha value is -0.910. The normalized spacial score (nSPS) is 25.9. The number of aromatic nitrogens is 2. The molecule has 112 valence electrons. The van der Waals surface area contributed by atoms with Crippen LogP contribution in [-0.4, -0.2) is 27.7 Å². The molecule has 1 heterocycles. The molecule has 3 rings (SSSR count). The maximum Gasteiger partial charge on any atom is 0.170 e. The number of hydrogen-bond donors (Lipinski definition) is 1. The van der Waals surface area contributed by atoms with Gasteiger partial charge in [-0.05, 0) is 56.2 Å². The molecule has 1 aliphatic carbocycles. The zero-order chi connectivity index (χ0) is 14.7. The summed E-state index contributed by atoms with van der Waals surface area (Å²) in [6, 6.07) is 11.5. The van der Waals surface area contributed by atoms with Gasteiger partial charge in [-0.25, -0.2) is 4.98 Å². The van der Waals surface area contributed by atoms with Gasteiger partial charge in [0.25, 0.3) is 0 Å². The molecule has 1 aromatic carbocycles. The van der Waals surface area contributed by atoms with Crippen LogP contribution in [0.4, 0.5) is 0 Å². The summed E-state index contributed by atoms with van der Waals surface area (Å²) in [6.07, 6.45) is 3.70. The van der Waals surface area contributed by atoms with Gasteiger partial charge in [0.2, 0.25) is 0 Å². The van der Waals surface area contributed by atoms with E-state index in [1.54, 1.807) is 0 Å². The molecule has 3 unspecified atom stereocenters. The number of hydrogen-bond acceptors (Lipinski definition) is 5. The Morgan fingerprint density at radius 3 is 2.71 bits per heavy atom. The Balaban J connectivity index is 1.72. The van der Waals surface area contributed by atoms with E-state index in [2.05, 4.69) is 52.1 Å². The standard InChI is InChI=1S/C16H21N3S2/c1-11-18-16(21-19-11)20-15-10-13(8-9-14(15)17-2)12-6-4-3-5-7-12/h3-7,13-15,17H,8-10H2,1-2H3. The van der Waals surface area contributed by atoms with E-state index in [4.69, 9.17) is 0 Å². The third kappa shape index (κ3) is 3.65. The van der Waals surface area contributed by atoms with E-state index in [-0.39, 0.29) is 0 Å². The molecule has 1 N–H and O–H groups in total. The van der Waals surface area contributed by atoms with E-state index < -0.39 is 0 Å². The van der Waals surface area contributed by atoms with Crippen LogP contribution in [0.5, 0.6) is 0 Å². The van der Waals surface area contributed by atoms with Gasteiger partial charge in [0.15, 0.2) is 4.34 Å². The van der Waals surface area contributed by atoms with Crippen LogP contribution < -0.4 is 5.32 Å². The summed E-state index contributed by atoms with van der Waals surface area (Å²) in [5.41, 5.74) is 1.48. The zero-order valence-corrected chi connectivity index (χ0v) is 14.1. The van der Waals surface area contributed by atoms with Crippen molar-refractivity contribution >= 4 is 23.3 Å². The molecule has 0 aliphatic heterocycles. The molecule has 5 heteroatoms. The fourth-order valence-electron chi connectivity index (χ4n) is 3.07. The summed E-state index contributed by atoms with van der Waals surface area (Å²) in [6.45, 7) is 1.96. The molecule has 2 aromatic rings. The zero-order valence-electron chi connectivity index (χ0n) is 12.5. The summed E-state index contributed by atoms with van der Waals surface area (Å²) >= 11 is 3.43. The Morgan fingerprint density at radius 1 is 1.24 bits per heavy atom. The van der Waals surface area contributed by atoms with E-state index >= 15 is 0 Å². The van der Waals surface area contributed by atoms with Gasteiger partial charge in [0.05, 0.1) is 0 Å². The van der Waals surface area contributed by atoms with Crippen molar-refractivity contribution in [2.45, 2.75) is 47.7 Å². The summed E-state index contributed by atoms with van der Waals surface area (Å²) in [5, 5.41) is 4.06. The van der Waals surface area contributed by atoms with Crippen molar-refractivity contribution in [2.75, 3.05) is 7.05 Å². The van der Waals surface area contributed by atoms with Gasteiger partial charge in [-0.15, -0.1) is 0 Å². The molecule has 1 fully saturated rings. The van der Waals surface area contributed by atoms with Crippen molar-refractivity contribution < 1.29 is 0 Å². The Bertz CT molecular complexity index is 570. The Labute approximate surface area is 134 Å². The van der Waals surface area contributed by atoms with Crippen LogP contribution in [0, 0.1) is 6.92 Å². The van der Waals surface area contributed by atoms with Crippen molar-refractivity contribution in [3.63, 3.8) is 0 Å². The first-order valence-electron chi connectivity index (χ1n) is 7.45. The van der Waals surface area contributed by atoms with E-state index in [0.29, 0.717) is 17.2 Å². The van der Waals surface area contributed by atoms with Crippen molar-refractivity contribution in [1.29, 1.82) is 0 Å². The second-order valence-electron chi connectivity index (χ2n) is 5.58. The van der Waals surface area contributed by atoms with Crippen LogP contribution >= 0.6 is 23.3 Å². The Morgan fingerprint density at radius 2 is 2.05 bits per heavy atom. The average Bonchev–Trinajstić information content (AvgIpc) is 2.93. The van der Waals surface area contributed by atoms with E-state index in [9.17, 15) is 0 Å². The number of nitrogens with one attached hydrogen (secondary N) is 1. The molecule has 1 aromatic heterocycles. The van der Waals surface area contributed by atoms with E-state index in [0.717, 1.165) is 10.2 Å². The van der Waals surface area contributed by atoms with Crippen LogP contribution in [0.3, 0.4) is 0 Å². The average molecular weight is 319 g/mol. The molecular formula is C16H21N3S2. The molecule has 3 atom stereocenters. The van der Waals surface area contributed by atoms with Crippen molar-refractivity contribution in [3.8, 4) is 0 Å². The maximum absolute atomic E-state index is 4.51. The topological polar surface area (TPSA) is 37.8 Å². The summed E-state index contributed by atoms with van der Waals surface area (Å²) in [5.74, 6) is 1.56. The van der Waals surface area contributed by atoms with Gasteiger partial charge in [-0.1, -0.05) is 42.1 Å². The predicted octanol–water partition coefficient (Wildman–Crippen LogP) is 3.86. The fourth-order valence-corrected chi connectivity index (χ4v) is 5.36. The smallest absolute Gasteiger partial charge is 0.170 e. The van der Waals surface area contributed by atoms with Gasteiger partial charge in [0.1, 0.15) is 5.82 Å². The lowest BCUT2D eigenvalue weighted by molar-refractivity contribution is 0.369. The number of benzene rings is 1. The highest BCUT2D eigenvalue weighted by molar-refractivity contribution is 8.01. The molecular weight excluding hydrogens is 298 g/mol. The highest BCUT2D eigenvalue weighted by atomic mass is 32.2. The maximum atomic E-state index is 4.51. The second kappa shape index (κ2) is 6.90. The minimum Gasteiger partial charge on any atom is -0.316 e. The first kappa shape index (κ1) is 15.0. The van der Waals surface area contributed by atoms with Crippen LogP contribution in [-0.2, 0) is 0 Å². The minimum atomic E-state index is 0.569. The van der Waals surface area contributed by atoms with E-state index in [1.165, 1.54) is 36.4 Å². The largest absolute Gasteiger partial charge is 0.316 e. The first-order chi connectivity index (χ1) is 10.3. The van der Waals surface area contributed by atoms with Gasteiger partial charge in [-0.2, -0.15) is 4.37 Å². The molecule has 1 saturated carbocycles. The lowest BCUT2D eigenvalue weighted by Gasteiger charge is -2.35.